The number of carbonyl (C=O) groups is 1. The van der Waals surface area contributed by atoms with Crippen LogP contribution in [0.3, 0.4) is 0 Å². The lowest BCUT2D eigenvalue weighted by atomic mass is 9.74. The minimum absolute atomic E-state index is 0.600. The van der Waals surface area contributed by atoms with Crippen molar-refractivity contribution in [2.75, 3.05) is 20.2 Å². The molecule has 1 rings (SSSR count). The monoisotopic (exact) mass is 349 g/mol. The van der Waals surface area contributed by atoms with Crippen molar-refractivity contribution in [2.45, 2.75) is 65.2 Å². The number of ether oxygens (including phenoxy) is 1. The van der Waals surface area contributed by atoms with Gasteiger partial charge in [0.15, 0.2) is 0 Å². The summed E-state index contributed by atoms with van der Waals surface area (Å²) in [5, 5.41) is 13.0. The number of benzene rings is 1. The third-order valence-corrected chi connectivity index (χ3v) is 4.78. The second-order valence-electron chi connectivity index (χ2n) is 6.92. The number of carboxylic acid groups (broad SMARTS) is 1. The molecule has 1 aromatic carbocycles. The lowest BCUT2D eigenvalue weighted by Gasteiger charge is -2.30. The van der Waals surface area contributed by atoms with Gasteiger partial charge in [0.2, 0.25) is 0 Å². The molecule has 0 fully saturated rings. The largest absolute Gasteiger partial charge is 0.494 e. The van der Waals surface area contributed by atoms with Gasteiger partial charge in [-0.25, -0.2) is 0 Å². The van der Waals surface area contributed by atoms with E-state index in [1.54, 1.807) is 0 Å². The zero-order chi connectivity index (χ0) is 18.5. The highest BCUT2D eigenvalue weighted by atomic mass is 16.5. The predicted octanol–water partition coefficient (Wildman–Crippen LogP) is 4.67. The number of hydrogen-bond acceptors (Lipinski definition) is 3. The van der Waals surface area contributed by atoms with Crippen molar-refractivity contribution in [1.29, 1.82) is 0 Å². The quantitative estimate of drug-likeness (QED) is 0.479. The van der Waals surface area contributed by atoms with Crippen LogP contribution in [0.1, 0.15) is 64.4 Å². The lowest BCUT2D eigenvalue weighted by molar-refractivity contribution is -0.150. The molecular formula is C21H35NO3. The van der Waals surface area contributed by atoms with Crippen molar-refractivity contribution in [3.05, 3.63) is 29.8 Å². The number of rotatable bonds is 14. The Balaban J connectivity index is 2.76. The van der Waals surface area contributed by atoms with Crippen LogP contribution in [-0.2, 0) is 11.2 Å². The molecule has 0 saturated heterocycles. The topological polar surface area (TPSA) is 58.6 Å². The van der Waals surface area contributed by atoms with E-state index in [1.165, 1.54) is 0 Å². The van der Waals surface area contributed by atoms with Crippen molar-refractivity contribution < 1.29 is 14.6 Å². The highest BCUT2D eigenvalue weighted by molar-refractivity contribution is 5.75. The van der Waals surface area contributed by atoms with Gasteiger partial charge in [-0.1, -0.05) is 51.7 Å². The number of hydrogen-bond donors (Lipinski definition) is 2. The molecule has 0 aliphatic carbocycles. The van der Waals surface area contributed by atoms with Crippen molar-refractivity contribution in [3.63, 3.8) is 0 Å². The van der Waals surface area contributed by atoms with Crippen LogP contribution in [0.25, 0.3) is 0 Å². The predicted molar refractivity (Wildman–Crippen MR) is 103 cm³/mol. The van der Waals surface area contributed by atoms with E-state index >= 15 is 0 Å². The smallest absolute Gasteiger partial charge is 0.309 e. The van der Waals surface area contributed by atoms with Crippen molar-refractivity contribution >= 4 is 5.97 Å². The normalized spacial score (nSPS) is 11.5. The molecule has 4 heteroatoms. The summed E-state index contributed by atoms with van der Waals surface area (Å²) in [5.41, 5.74) is 0.443. The molecule has 0 heterocycles. The summed E-state index contributed by atoms with van der Waals surface area (Å²) >= 11 is 0. The molecular weight excluding hydrogens is 314 g/mol. The Hall–Kier alpha value is -1.55. The van der Waals surface area contributed by atoms with Gasteiger partial charge in [-0.15, -0.1) is 0 Å². The molecule has 4 nitrogen and oxygen atoms in total. The molecule has 2 N–H and O–H groups in total. The van der Waals surface area contributed by atoms with E-state index in [4.69, 9.17) is 4.74 Å². The molecule has 0 radical (unpaired) electrons. The number of unbranched alkanes of at least 4 members (excludes halogenated alkanes) is 2. The number of aliphatic carboxylic acids is 1. The van der Waals surface area contributed by atoms with Gasteiger partial charge < -0.3 is 15.2 Å². The van der Waals surface area contributed by atoms with Crippen LogP contribution in [0.5, 0.6) is 5.75 Å². The first-order chi connectivity index (χ1) is 12.1. The van der Waals surface area contributed by atoms with Gasteiger partial charge >= 0.3 is 5.97 Å². The molecule has 0 aliphatic rings. The zero-order valence-electron chi connectivity index (χ0n) is 16.1. The molecule has 25 heavy (non-hydrogen) atoms. The lowest BCUT2D eigenvalue weighted by Crippen LogP contribution is -2.33. The molecule has 0 aromatic heterocycles. The minimum atomic E-state index is -0.651. The Morgan fingerprint density at radius 2 is 1.68 bits per heavy atom. The van der Waals surface area contributed by atoms with Crippen molar-refractivity contribution in [3.8, 4) is 5.75 Å². The van der Waals surface area contributed by atoms with Crippen LogP contribution in [-0.4, -0.2) is 31.3 Å². The Labute approximate surface area is 153 Å². The first-order valence-corrected chi connectivity index (χ1v) is 9.67. The second kappa shape index (κ2) is 11.9. The van der Waals surface area contributed by atoms with E-state index in [-0.39, 0.29) is 0 Å². The fourth-order valence-electron chi connectivity index (χ4n) is 3.15. The van der Waals surface area contributed by atoms with Gasteiger partial charge in [0.05, 0.1) is 12.0 Å². The van der Waals surface area contributed by atoms with E-state index in [9.17, 15) is 9.90 Å². The average Bonchev–Trinajstić information content (AvgIpc) is 2.62. The minimum Gasteiger partial charge on any atom is -0.494 e. The SMILES string of the molecule is CCCCC(CCCC)(Cc1ccc(OCCCNC)cc1)C(=O)O. The summed E-state index contributed by atoms with van der Waals surface area (Å²) in [6.45, 7) is 5.86. The molecule has 0 amide bonds. The molecule has 142 valence electrons. The van der Waals surface area contributed by atoms with Gasteiger partial charge in [-0.3, -0.25) is 4.79 Å². The third-order valence-electron chi connectivity index (χ3n) is 4.78. The Kier molecular flexibility index (Phi) is 10.2. The summed E-state index contributed by atoms with van der Waals surface area (Å²) in [6.07, 6.45) is 7.05. The average molecular weight is 350 g/mol. The van der Waals surface area contributed by atoms with Crippen molar-refractivity contribution in [1.82, 2.24) is 5.32 Å². The summed E-state index contributed by atoms with van der Waals surface area (Å²) in [6, 6.07) is 7.95. The fourth-order valence-corrected chi connectivity index (χ4v) is 3.15. The Morgan fingerprint density at radius 3 is 2.16 bits per heavy atom. The van der Waals surface area contributed by atoms with Crippen LogP contribution in [0.4, 0.5) is 0 Å². The maximum atomic E-state index is 12.1. The van der Waals surface area contributed by atoms with Gasteiger partial charge in [0.25, 0.3) is 0 Å². The first-order valence-electron chi connectivity index (χ1n) is 9.67. The molecule has 0 aliphatic heterocycles. The maximum absolute atomic E-state index is 12.1. The van der Waals surface area contributed by atoms with Gasteiger partial charge in [-0.2, -0.15) is 0 Å². The third kappa shape index (κ3) is 7.47. The molecule has 0 spiro atoms. The summed E-state index contributed by atoms with van der Waals surface area (Å²) in [7, 11) is 1.93. The van der Waals surface area contributed by atoms with E-state index in [0.29, 0.717) is 13.0 Å². The van der Waals surface area contributed by atoms with E-state index in [0.717, 1.165) is 62.8 Å². The Morgan fingerprint density at radius 1 is 1.08 bits per heavy atom. The Bertz CT molecular complexity index is 476. The van der Waals surface area contributed by atoms with Gasteiger partial charge in [0.1, 0.15) is 5.75 Å². The van der Waals surface area contributed by atoms with Crippen LogP contribution >= 0.6 is 0 Å². The fraction of sp³-hybridized carbons (Fsp3) is 0.667. The standard InChI is InChI=1S/C21H35NO3/c1-4-6-13-21(20(23)24,14-7-5-2)17-18-9-11-19(12-10-18)25-16-8-15-22-3/h9-12,22H,4-8,13-17H2,1-3H3,(H,23,24). The van der Waals surface area contributed by atoms with Crippen molar-refractivity contribution in [2.24, 2.45) is 5.41 Å². The second-order valence-corrected chi connectivity index (χ2v) is 6.92. The first kappa shape index (κ1) is 21.5. The van der Waals surface area contributed by atoms with Crippen LogP contribution < -0.4 is 10.1 Å². The van der Waals surface area contributed by atoms with Crippen LogP contribution in [0.15, 0.2) is 24.3 Å². The number of carboxylic acids is 1. The summed E-state index contributed by atoms with van der Waals surface area (Å²) < 4.78 is 5.71. The highest BCUT2D eigenvalue weighted by Gasteiger charge is 2.37. The molecule has 0 saturated carbocycles. The molecule has 0 unspecified atom stereocenters. The maximum Gasteiger partial charge on any atom is 0.309 e. The van der Waals surface area contributed by atoms with E-state index in [2.05, 4.69) is 19.2 Å². The molecule has 1 aromatic rings. The number of nitrogens with one attached hydrogen (secondary N) is 1. The summed E-state index contributed by atoms with van der Waals surface area (Å²) in [5.74, 6) is 0.199. The molecule has 0 atom stereocenters. The summed E-state index contributed by atoms with van der Waals surface area (Å²) in [4.78, 5) is 12.1. The molecule has 0 bridgehead atoms. The van der Waals surface area contributed by atoms with Gasteiger partial charge in [0, 0.05) is 0 Å². The zero-order valence-corrected chi connectivity index (χ0v) is 16.1. The van der Waals surface area contributed by atoms with Gasteiger partial charge in [-0.05, 0) is 57.0 Å². The highest BCUT2D eigenvalue weighted by Crippen LogP contribution is 2.36. The van der Waals surface area contributed by atoms with Crippen LogP contribution in [0.2, 0.25) is 0 Å². The van der Waals surface area contributed by atoms with Crippen LogP contribution in [0, 0.1) is 5.41 Å². The van der Waals surface area contributed by atoms with E-state index in [1.807, 2.05) is 31.3 Å². The van der Waals surface area contributed by atoms with E-state index < -0.39 is 11.4 Å².